The van der Waals surface area contributed by atoms with Gasteiger partial charge in [-0.15, -0.1) is 0 Å². The van der Waals surface area contributed by atoms with Gasteiger partial charge in [0.2, 0.25) is 5.91 Å². The van der Waals surface area contributed by atoms with E-state index in [1.165, 1.54) is 5.56 Å². The maximum atomic E-state index is 13.1. The van der Waals surface area contributed by atoms with Crippen LogP contribution in [0.4, 0.5) is 0 Å². The highest BCUT2D eigenvalue weighted by molar-refractivity contribution is 5.87. The average Bonchev–Trinajstić information content (AvgIpc) is 2.81. The zero-order valence-corrected chi connectivity index (χ0v) is 19.0. The second-order valence-electron chi connectivity index (χ2n) is 7.48. The van der Waals surface area contributed by atoms with Crippen LogP contribution in [0.1, 0.15) is 44.7 Å². The van der Waals surface area contributed by atoms with Gasteiger partial charge in [-0.25, -0.2) is 0 Å². The second-order valence-corrected chi connectivity index (χ2v) is 7.48. The van der Waals surface area contributed by atoms with E-state index in [0.717, 1.165) is 24.8 Å². The van der Waals surface area contributed by atoms with Crippen molar-refractivity contribution in [1.29, 1.82) is 0 Å². The number of carbonyl (C=O) groups is 2. The van der Waals surface area contributed by atoms with E-state index in [1.807, 2.05) is 48.5 Å². The summed E-state index contributed by atoms with van der Waals surface area (Å²) in [5, 5.41) is 2.92. The smallest absolute Gasteiger partial charge is 0.261 e. The van der Waals surface area contributed by atoms with Crippen LogP contribution >= 0.6 is 0 Å². The molecule has 0 saturated heterocycles. The first-order chi connectivity index (χ1) is 15.0. The van der Waals surface area contributed by atoms with Crippen molar-refractivity contribution in [2.75, 3.05) is 20.3 Å². The standard InChI is InChI=1S/C25H34N2O4/c1-5-7-15-26-25(29)19(3)27(17-21-9-8-10-23(16-21)30-4)24(28)18-31-22-13-11-20(6-2)12-14-22/h8-14,16,19H,5-7,15,17-18H2,1-4H3,(H,26,29)/t19-/m1/s1. The molecule has 1 N–H and O–H groups in total. The first-order valence-corrected chi connectivity index (χ1v) is 10.9. The van der Waals surface area contributed by atoms with Gasteiger partial charge in [0, 0.05) is 13.1 Å². The molecule has 0 unspecified atom stereocenters. The van der Waals surface area contributed by atoms with Gasteiger partial charge in [-0.2, -0.15) is 0 Å². The number of hydrogen-bond acceptors (Lipinski definition) is 4. The summed E-state index contributed by atoms with van der Waals surface area (Å²) in [7, 11) is 1.60. The van der Waals surface area contributed by atoms with Gasteiger partial charge in [0.05, 0.1) is 7.11 Å². The van der Waals surface area contributed by atoms with Gasteiger partial charge in [0.15, 0.2) is 6.61 Å². The van der Waals surface area contributed by atoms with E-state index in [1.54, 1.807) is 18.9 Å². The summed E-state index contributed by atoms with van der Waals surface area (Å²) in [4.78, 5) is 27.3. The molecule has 0 saturated carbocycles. The van der Waals surface area contributed by atoms with Crippen LogP contribution in [-0.2, 0) is 22.6 Å². The number of amides is 2. The van der Waals surface area contributed by atoms with Crippen molar-refractivity contribution in [2.24, 2.45) is 0 Å². The van der Waals surface area contributed by atoms with Gasteiger partial charge in [-0.05, 0) is 55.2 Å². The lowest BCUT2D eigenvalue weighted by molar-refractivity contribution is -0.142. The van der Waals surface area contributed by atoms with Crippen LogP contribution in [-0.4, -0.2) is 43.0 Å². The molecule has 0 aliphatic carbocycles. The van der Waals surface area contributed by atoms with Crippen molar-refractivity contribution in [3.05, 3.63) is 59.7 Å². The number of aryl methyl sites for hydroxylation is 1. The van der Waals surface area contributed by atoms with Crippen LogP contribution in [0.15, 0.2) is 48.5 Å². The van der Waals surface area contributed by atoms with Crippen molar-refractivity contribution in [3.8, 4) is 11.5 Å². The minimum absolute atomic E-state index is 0.137. The van der Waals surface area contributed by atoms with Gasteiger partial charge in [0.1, 0.15) is 17.5 Å². The monoisotopic (exact) mass is 426 g/mol. The van der Waals surface area contributed by atoms with E-state index in [2.05, 4.69) is 19.2 Å². The maximum absolute atomic E-state index is 13.1. The molecule has 0 fully saturated rings. The second kappa shape index (κ2) is 12.6. The molecule has 168 valence electrons. The summed E-state index contributed by atoms with van der Waals surface area (Å²) < 4.78 is 11.0. The Balaban J connectivity index is 2.11. The number of hydrogen-bond donors (Lipinski definition) is 1. The fourth-order valence-corrected chi connectivity index (χ4v) is 3.14. The average molecular weight is 427 g/mol. The molecule has 0 aromatic heterocycles. The molecule has 2 aromatic carbocycles. The third kappa shape index (κ3) is 7.63. The lowest BCUT2D eigenvalue weighted by Crippen LogP contribution is -2.49. The Morgan fingerprint density at radius 2 is 1.77 bits per heavy atom. The first kappa shape index (κ1) is 24.3. The molecule has 6 nitrogen and oxygen atoms in total. The Bertz CT molecular complexity index is 836. The summed E-state index contributed by atoms with van der Waals surface area (Å²) in [6, 6.07) is 14.6. The van der Waals surface area contributed by atoms with E-state index in [9.17, 15) is 9.59 Å². The molecule has 31 heavy (non-hydrogen) atoms. The minimum atomic E-state index is -0.623. The van der Waals surface area contributed by atoms with Crippen LogP contribution in [0.5, 0.6) is 11.5 Å². The van der Waals surface area contributed by atoms with Crippen LogP contribution < -0.4 is 14.8 Å². The summed E-state index contributed by atoms with van der Waals surface area (Å²) in [5.41, 5.74) is 2.09. The fraction of sp³-hybridized carbons (Fsp3) is 0.440. The zero-order valence-electron chi connectivity index (χ0n) is 19.0. The lowest BCUT2D eigenvalue weighted by atomic mass is 10.1. The van der Waals surface area contributed by atoms with Crippen molar-refractivity contribution in [1.82, 2.24) is 10.2 Å². The van der Waals surface area contributed by atoms with Crippen LogP contribution in [0, 0.1) is 0 Å². The molecule has 1 atom stereocenters. The topological polar surface area (TPSA) is 67.9 Å². The van der Waals surface area contributed by atoms with Gasteiger partial charge in [-0.1, -0.05) is 44.5 Å². The molecule has 0 spiro atoms. The largest absolute Gasteiger partial charge is 0.497 e. The molecule has 0 aliphatic rings. The summed E-state index contributed by atoms with van der Waals surface area (Å²) in [6.07, 6.45) is 2.84. The quantitative estimate of drug-likeness (QED) is 0.522. The third-order valence-electron chi connectivity index (χ3n) is 5.18. The van der Waals surface area contributed by atoms with Crippen molar-refractivity contribution in [3.63, 3.8) is 0 Å². The zero-order chi connectivity index (χ0) is 22.6. The first-order valence-electron chi connectivity index (χ1n) is 10.9. The lowest BCUT2D eigenvalue weighted by Gasteiger charge is -2.29. The van der Waals surface area contributed by atoms with E-state index in [0.29, 0.717) is 18.0 Å². The number of rotatable bonds is 12. The Morgan fingerprint density at radius 1 is 1.03 bits per heavy atom. The van der Waals surface area contributed by atoms with Gasteiger partial charge in [0.25, 0.3) is 5.91 Å². The Morgan fingerprint density at radius 3 is 2.42 bits per heavy atom. The predicted octanol–water partition coefficient (Wildman–Crippen LogP) is 3.97. The molecular weight excluding hydrogens is 392 g/mol. The molecule has 0 radical (unpaired) electrons. The number of nitrogens with one attached hydrogen (secondary N) is 1. The Labute approximate surface area is 185 Å². The van der Waals surface area contributed by atoms with E-state index < -0.39 is 6.04 Å². The van der Waals surface area contributed by atoms with E-state index >= 15 is 0 Å². The molecular formula is C25H34N2O4. The normalized spacial score (nSPS) is 11.5. The third-order valence-corrected chi connectivity index (χ3v) is 5.18. The molecule has 6 heteroatoms. The molecule has 2 rings (SSSR count). The van der Waals surface area contributed by atoms with Crippen molar-refractivity contribution < 1.29 is 19.1 Å². The maximum Gasteiger partial charge on any atom is 0.261 e. The summed E-state index contributed by atoms with van der Waals surface area (Å²) in [6.45, 7) is 6.65. The van der Waals surface area contributed by atoms with Crippen molar-refractivity contribution in [2.45, 2.75) is 52.6 Å². The minimum Gasteiger partial charge on any atom is -0.497 e. The summed E-state index contributed by atoms with van der Waals surface area (Å²) in [5.74, 6) is 0.918. The number of carbonyl (C=O) groups excluding carboxylic acids is 2. The molecule has 2 aromatic rings. The van der Waals surface area contributed by atoms with E-state index in [4.69, 9.17) is 9.47 Å². The van der Waals surface area contributed by atoms with Gasteiger partial charge < -0.3 is 19.7 Å². The van der Waals surface area contributed by atoms with E-state index in [-0.39, 0.29) is 25.0 Å². The molecule has 2 amide bonds. The van der Waals surface area contributed by atoms with Gasteiger partial charge >= 0.3 is 0 Å². The molecule has 0 aliphatic heterocycles. The Kier molecular flexibility index (Phi) is 9.88. The van der Waals surface area contributed by atoms with Crippen molar-refractivity contribution >= 4 is 11.8 Å². The van der Waals surface area contributed by atoms with Crippen LogP contribution in [0.3, 0.4) is 0 Å². The number of ether oxygens (including phenoxy) is 2. The highest BCUT2D eigenvalue weighted by Gasteiger charge is 2.26. The van der Waals surface area contributed by atoms with Gasteiger partial charge in [-0.3, -0.25) is 9.59 Å². The van der Waals surface area contributed by atoms with Crippen LogP contribution in [0.2, 0.25) is 0 Å². The predicted molar refractivity (Wildman–Crippen MR) is 122 cm³/mol. The van der Waals surface area contributed by atoms with Crippen LogP contribution in [0.25, 0.3) is 0 Å². The highest BCUT2D eigenvalue weighted by Crippen LogP contribution is 2.17. The SMILES string of the molecule is CCCCNC(=O)[C@@H](C)N(Cc1cccc(OC)c1)C(=O)COc1ccc(CC)cc1. The number of unbranched alkanes of at least 4 members (excludes halogenated alkanes) is 1. The number of nitrogens with zero attached hydrogens (tertiary/aromatic N) is 1. The highest BCUT2D eigenvalue weighted by atomic mass is 16.5. The number of methoxy groups -OCH3 is 1. The Hall–Kier alpha value is -3.02. The number of benzene rings is 2. The molecule has 0 heterocycles. The molecule has 0 bridgehead atoms. The summed E-state index contributed by atoms with van der Waals surface area (Å²) >= 11 is 0. The fourth-order valence-electron chi connectivity index (χ4n) is 3.14.